The lowest BCUT2D eigenvalue weighted by Crippen LogP contribution is -2.39. The molecule has 0 aromatic carbocycles. The summed E-state index contributed by atoms with van der Waals surface area (Å²) in [5.41, 5.74) is 1.04. The van der Waals surface area contributed by atoms with Crippen LogP contribution >= 0.6 is 0 Å². The maximum Gasteiger partial charge on any atom is 0.132 e. The van der Waals surface area contributed by atoms with E-state index in [9.17, 15) is 0 Å². The van der Waals surface area contributed by atoms with Crippen molar-refractivity contribution in [1.82, 2.24) is 15.3 Å². The van der Waals surface area contributed by atoms with Gasteiger partial charge in [-0.3, -0.25) is 0 Å². The average molecular weight is 248 g/mol. The van der Waals surface area contributed by atoms with Crippen LogP contribution in [0.2, 0.25) is 0 Å². The van der Waals surface area contributed by atoms with Crippen LogP contribution in [0.4, 0.5) is 5.82 Å². The SMILES string of the molecule is Cc1cc(N2CCC(CNC(C)C)CC2)ncn1. The third-order valence-corrected chi connectivity index (χ3v) is 3.54. The summed E-state index contributed by atoms with van der Waals surface area (Å²) in [6.07, 6.45) is 4.17. The summed E-state index contributed by atoms with van der Waals surface area (Å²) in [4.78, 5) is 10.9. The lowest BCUT2D eigenvalue weighted by Gasteiger charge is -2.33. The quantitative estimate of drug-likeness (QED) is 0.885. The molecule has 1 aromatic rings. The molecular weight excluding hydrogens is 224 g/mol. The van der Waals surface area contributed by atoms with E-state index in [-0.39, 0.29) is 0 Å². The Kier molecular flexibility index (Phi) is 4.53. The Bertz CT molecular complexity index is 370. The second-order valence-electron chi connectivity index (χ2n) is 5.51. The van der Waals surface area contributed by atoms with Crippen molar-refractivity contribution in [2.45, 2.75) is 39.7 Å². The van der Waals surface area contributed by atoms with E-state index in [1.54, 1.807) is 6.33 Å². The van der Waals surface area contributed by atoms with Gasteiger partial charge in [-0.25, -0.2) is 9.97 Å². The summed E-state index contributed by atoms with van der Waals surface area (Å²) in [6.45, 7) is 9.80. The number of aromatic nitrogens is 2. The maximum absolute atomic E-state index is 4.36. The van der Waals surface area contributed by atoms with Crippen molar-refractivity contribution in [2.24, 2.45) is 5.92 Å². The van der Waals surface area contributed by atoms with Crippen molar-refractivity contribution in [3.8, 4) is 0 Å². The minimum absolute atomic E-state index is 0.590. The van der Waals surface area contributed by atoms with Crippen LogP contribution in [0.25, 0.3) is 0 Å². The Morgan fingerprint density at radius 3 is 2.67 bits per heavy atom. The fourth-order valence-corrected chi connectivity index (χ4v) is 2.38. The molecule has 2 heterocycles. The number of aryl methyl sites for hydroxylation is 1. The van der Waals surface area contributed by atoms with E-state index in [1.165, 1.54) is 12.8 Å². The largest absolute Gasteiger partial charge is 0.356 e. The number of nitrogens with one attached hydrogen (secondary N) is 1. The molecule has 1 aliphatic heterocycles. The Labute approximate surface area is 110 Å². The van der Waals surface area contributed by atoms with Crippen molar-refractivity contribution >= 4 is 5.82 Å². The minimum atomic E-state index is 0.590. The van der Waals surface area contributed by atoms with E-state index in [2.05, 4.69) is 40.1 Å². The molecule has 0 unspecified atom stereocenters. The van der Waals surface area contributed by atoms with Gasteiger partial charge in [-0.1, -0.05) is 13.8 Å². The molecule has 0 atom stereocenters. The molecule has 100 valence electrons. The highest BCUT2D eigenvalue weighted by Crippen LogP contribution is 2.21. The molecule has 18 heavy (non-hydrogen) atoms. The first-order valence-corrected chi connectivity index (χ1v) is 6.92. The normalized spacial score (nSPS) is 17.4. The first kappa shape index (κ1) is 13.3. The fraction of sp³-hybridized carbons (Fsp3) is 0.714. The predicted molar refractivity (Wildman–Crippen MR) is 74.8 cm³/mol. The number of hydrogen-bond donors (Lipinski definition) is 1. The molecule has 4 heteroatoms. The van der Waals surface area contributed by atoms with Gasteiger partial charge >= 0.3 is 0 Å². The fourth-order valence-electron chi connectivity index (χ4n) is 2.38. The highest BCUT2D eigenvalue weighted by Gasteiger charge is 2.20. The summed E-state index contributed by atoms with van der Waals surface area (Å²) < 4.78 is 0. The van der Waals surface area contributed by atoms with Gasteiger partial charge in [-0.05, 0) is 32.2 Å². The van der Waals surface area contributed by atoms with Gasteiger partial charge in [0.15, 0.2) is 0 Å². The third kappa shape index (κ3) is 3.67. The average Bonchev–Trinajstić information content (AvgIpc) is 2.37. The van der Waals surface area contributed by atoms with Crippen LogP contribution in [0.3, 0.4) is 0 Å². The van der Waals surface area contributed by atoms with Gasteiger partial charge in [0, 0.05) is 30.9 Å². The van der Waals surface area contributed by atoms with Crippen molar-refractivity contribution in [3.63, 3.8) is 0 Å². The minimum Gasteiger partial charge on any atom is -0.356 e. The van der Waals surface area contributed by atoms with Crippen LogP contribution in [-0.2, 0) is 0 Å². The molecule has 0 aliphatic carbocycles. The van der Waals surface area contributed by atoms with E-state index >= 15 is 0 Å². The van der Waals surface area contributed by atoms with Crippen molar-refractivity contribution in [3.05, 3.63) is 18.1 Å². The molecular formula is C14H24N4. The van der Waals surface area contributed by atoms with Crippen molar-refractivity contribution < 1.29 is 0 Å². The molecule has 1 saturated heterocycles. The highest BCUT2D eigenvalue weighted by molar-refractivity contribution is 5.38. The lowest BCUT2D eigenvalue weighted by atomic mass is 9.96. The Hall–Kier alpha value is -1.16. The molecule has 4 nitrogen and oxygen atoms in total. The molecule has 1 N–H and O–H groups in total. The number of anilines is 1. The number of piperidine rings is 1. The van der Waals surface area contributed by atoms with Crippen molar-refractivity contribution in [2.75, 3.05) is 24.5 Å². The van der Waals surface area contributed by atoms with Gasteiger partial charge in [0.1, 0.15) is 12.1 Å². The van der Waals surface area contributed by atoms with Crippen LogP contribution in [0.5, 0.6) is 0 Å². The van der Waals surface area contributed by atoms with Crippen LogP contribution in [0, 0.1) is 12.8 Å². The Balaban J connectivity index is 1.83. The predicted octanol–water partition coefficient (Wildman–Crippen LogP) is 2.00. The summed E-state index contributed by atoms with van der Waals surface area (Å²) in [7, 11) is 0. The van der Waals surface area contributed by atoms with E-state index in [0.717, 1.165) is 37.1 Å². The van der Waals surface area contributed by atoms with Crippen LogP contribution in [-0.4, -0.2) is 35.6 Å². The van der Waals surface area contributed by atoms with Gasteiger partial charge in [0.2, 0.25) is 0 Å². The molecule has 1 fully saturated rings. The van der Waals surface area contributed by atoms with Crippen LogP contribution in [0.1, 0.15) is 32.4 Å². The van der Waals surface area contributed by atoms with Crippen molar-refractivity contribution in [1.29, 1.82) is 0 Å². The summed E-state index contributed by atoms with van der Waals surface area (Å²) in [5, 5.41) is 3.53. The van der Waals surface area contributed by atoms with Gasteiger partial charge in [0.05, 0.1) is 0 Å². The van der Waals surface area contributed by atoms with Gasteiger partial charge in [-0.2, -0.15) is 0 Å². The van der Waals surface area contributed by atoms with E-state index in [1.807, 2.05) is 6.92 Å². The van der Waals surface area contributed by atoms with E-state index in [4.69, 9.17) is 0 Å². The second-order valence-corrected chi connectivity index (χ2v) is 5.51. The molecule has 0 saturated carbocycles. The molecule has 0 radical (unpaired) electrons. The number of nitrogens with zero attached hydrogens (tertiary/aromatic N) is 3. The number of hydrogen-bond acceptors (Lipinski definition) is 4. The van der Waals surface area contributed by atoms with Gasteiger partial charge < -0.3 is 10.2 Å². The Morgan fingerprint density at radius 2 is 2.06 bits per heavy atom. The lowest BCUT2D eigenvalue weighted by molar-refractivity contribution is 0.369. The second kappa shape index (κ2) is 6.14. The zero-order valence-electron chi connectivity index (χ0n) is 11.7. The molecule has 1 aliphatic rings. The molecule has 2 rings (SSSR count). The monoisotopic (exact) mass is 248 g/mol. The van der Waals surface area contributed by atoms with Gasteiger partial charge in [0.25, 0.3) is 0 Å². The van der Waals surface area contributed by atoms with Crippen LogP contribution in [0.15, 0.2) is 12.4 Å². The topological polar surface area (TPSA) is 41.0 Å². The summed E-state index contributed by atoms with van der Waals surface area (Å²) in [6, 6.07) is 2.67. The molecule has 1 aromatic heterocycles. The smallest absolute Gasteiger partial charge is 0.132 e. The zero-order valence-corrected chi connectivity index (χ0v) is 11.7. The molecule has 0 bridgehead atoms. The summed E-state index contributed by atoms with van der Waals surface area (Å²) in [5.74, 6) is 1.89. The van der Waals surface area contributed by atoms with E-state index in [0.29, 0.717) is 6.04 Å². The van der Waals surface area contributed by atoms with E-state index < -0.39 is 0 Å². The molecule has 0 spiro atoms. The maximum atomic E-state index is 4.36. The first-order chi connectivity index (χ1) is 8.65. The first-order valence-electron chi connectivity index (χ1n) is 6.92. The molecule has 0 amide bonds. The number of rotatable bonds is 4. The third-order valence-electron chi connectivity index (χ3n) is 3.54. The summed E-state index contributed by atoms with van der Waals surface area (Å²) >= 11 is 0. The Morgan fingerprint density at radius 1 is 1.33 bits per heavy atom. The van der Waals surface area contributed by atoms with Crippen LogP contribution < -0.4 is 10.2 Å². The zero-order chi connectivity index (χ0) is 13.0. The van der Waals surface area contributed by atoms with Gasteiger partial charge in [-0.15, -0.1) is 0 Å². The standard InChI is InChI=1S/C14H24N4/c1-11(2)15-9-13-4-6-18(7-5-13)14-8-12(3)16-10-17-14/h8,10-11,13,15H,4-7,9H2,1-3H3. The highest BCUT2D eigenvalue weighted by atomic mass is 15.2.